The molecule has 1 fully saturated rings. The molecule has 0 bridgehead atoms. The highest BCUT2D eigenvalue weighted by Crippen LogP contribution is 2.29. The fraction of sp³-hybridized carbons (Fsp3) is 0.526. The van der Waals surface area contributed by atoms with Crippen LogP contribution in [0.3, 0.4) is 0 Å². The Labute approximate surface area is 138 Å². The SMILES string of the molecule is CCNC(C=O)c1ccc2ccn(C3CCN(CC)CC3)c2c1. The molecule has 1 aliphatic rings. The lowest BCUT2D eigenvalue weighted by Gasteiger charge is -2.32. The van der Waals surface area contributed by atoms with Crippen LogP contribution in [-0.2, 0) is 4.79 Å². The molecule has 0 spiro atoms. The lowest BCUT2D eigenvalue weighted by Crippen LogP contribution is -2.34. The zero-order chi connectivity index (χ0) is 16.2. The van der Waals surface area contributed by atoms with Crippen molar-refractivity contribution in [1.82, 2.24) is 14.8 Å². The molecule has 1 aromatic carbocycles. The molecule has 2 aromatic rings. The second kappa shape index (κ2) is 7.28. The summed E-state index contributed by atoms with van der Waals surface area (Å²) in [6, 6.07) is 8.93. The third-order valence-corrected chi connectivity index (χ3v) is 5.06. The van der Waals surface area contributed by atoms with Crippen LogP contribution in [0.4, 0.5) is 0 Å². The van der Waals surface area contributed by atoms with Crippen LogP contribution in [0.2, 0.25) is 0 Å². The highest BCUT2D eigenvalue weighted by atomic mass is 16.1. The predicted octanol–water partition coefficient (Wildman–Crippen LogP) is 3.15. The summed E-state index contributed by atoms with van der Waals surface area (Å²) in [5, 5.41) is 4.49. The molecule has 1 saturated heterocycles. The van der Waals surface area contributed by atoms with Crippen molar-refractivity contribution in [2.24, 2.45) is 0 Å². The van der Waals surface area contributed by atoms with Crippen molar-refractivity contribution in [1.29, 1.82) is 0 Å². The Morgan fingerprint density at radius 3 is 2.70 bits per heavy atom. The smallest absolute Gasteiger partial charge is 0.141 e. The molecule has 2 heterocycles. The number of nitrogens with zero attached hydrogens (tertiary/aromatic N) is 2. The highest BCUT2D eigenvalue weighted by Gasteiger charge is 2.21. The monoisotopic (exact) mass is 313 g/mol. The van der Waals surface area contributed by atoms with E-state index in [1.54, 1.807) is 0 Å². The number of benzene rings is 1. The third kappa shape index (κ3) is 3.33. The number of carbonyl (C=O) groups is 1. The maximum absolute atomic E-state index is 11.4. The minimum atomic E-state index is -0.213. The molecule has 0 radical (unpaired) electrons. The van der Waals surface area contributed by atoms with Crippen molar-refractivity contribution in [3.05, 3.63) is 36.0 Å². The number of aldehydes is 1. The van der Waals surface area contributed by atoms with Gasteiger partial charge in [0.1, 0.15) is 6.29 Å². The van der Waals surface area contributed by atoms with E-state index in [9.17, 15) is 4.79 Å². The van der Waals surface area contributed by atoms with E-state index in [1.807, 2.05) is 6.92 Å². The number of hydrogen-bond acceptors (Lipinski definition) is 3. The van der Waals surface area contributed by atoms with Gasteiger partial charge in [-0.3, -0.25) is 0 Å². The number of rotatable bonds is 6. The highest BCUT2D eigenvalue weighted by molar-refractivity contribution is 5.82. The first-order valence-corrected chi connectivity index (χ1v) is 8.78. The minimum Gasteiger partial charge on any atom is -0.344 e. The zero-order valence-corrected chi connectivity index (χ0v) is 14.2. The molecular formula is C19H27N3O. The molecule has 1 unspecified atom stereocenters. The topological polar surface area (TPSA) is 37.3 Å². The van der Waals surface area contributed by atoms with Crippen LogP contribution in [0.5, 0.6) is 0 Å². The maximum atomic E-state index is 11.4. The molecule has 1 atom stereocenters. The number of piperidine rings is 1. The van der Waals surface area contributed by atoms with Gasteiger partial charge in [-0.2, -0.15) is 0 Å². The minimum absolute atomic E-state index is 0.213. The molecule has 23 heavy (non-hydrogen) atoms. The second-order valence-corrected chi connectivity index (χ2v) is 6.38. The first kappa shape index (κ1) is 16.2. The molecule has 1 N–H and O–H groups in total. The van der Waals surface area contributed by atoms with E-state index < -0.39 is 0 Å². The molecule has 0 aliphatic carbocycles. The van der Waals surface area contributed by atoms with E-state index in [1.165, 1.54) is 36.8 Å². The molecule has 1 aliphatic heterocycles. The van der Waals surface area contributed by atoms with Gasteiger partial charge in [0.05, 0.1) is 6.04 Å². The van der Waals surface area contributed by atoms with Crippen molar-refractivity contribution >= 4 is 17.2 Å². The molecule has 124 valence electrons. The summed E-state index contributed by atoms with van der Waals surface area (Å²) >= 11 is 0. The van der Waals surface area contributed by atoms with Crippen molar-refractivity contribution < 1.29 is 4.79 Å². The zero-order valence-electron chi connectivity index (χ0n) is 14.2. The van der Waals surface area contributed by atoms with E-state index in [-0.39, 0.29) is 6.04 Å². The van der Waals surface area contributed by atoms with E-state index in [0.717, 1.165) is 24.9 Å². The van der Waals surface area contributed by atoms with Crippen LogP contribution in [-0.4, -0.2) is 41.9 Å². The average molecular weight is 313 g/mol. The number of likely N-dealkylation sites (tertiary alicyclic amines) is 1. The van der Waals surface area contributed by atoms with Crippen molar-refractivity contribution in [2.45, 2.75) is 38.8 Å². The Bertz CT molecular complexity index is 656. The lowest BCUT2D eigenvalue weighted by atomic mass is 10.0. The number of nitrogens with one attached hydrogen (secondary N) is 1. The summed E-state index contributed by atoms with van der Waals surface area (Å²) in [4.78, 5) is 13.9. The lowest BCUT2D eigenvalue weighted by molar-refractivity contribution is -0.109. The van der Waals surface area contributed by atoms with E-state index in [2.05, 4.69) is 52.2 Å². The molecule has 4 nitrogen and oxygen atoms in total. The molecule has 0 amide bonds. The summed E-state index contributed by atoms with van der Waals surface area (Å²) in [6.45, 7) is 8.55. The number of carbonyl (C=O) groups excluding carboxylic acids is 1. The van der Waals surface area contributed by atoms with Gasteiger partial charge in [-0.15, -0.1) is 0 Å². The normalized spacial score (nSPS) is 18.3. The Kier molecular flexibility index (Phi) is 5.13. The summed E-state index contributed by atoms with van der Waals surface area (Å²) in [5.41, 5.74) is 2.31. The molecular weight excluding hydrogens is 286 g/mol. The van der Waals surface area contributed by atoms with Crippen molar-refractivity contribution in [2.75, 3.05) is 26.2 Å². The third-order valence-electron chi connectivity index (χ3n) is 5.06. The van der Waals surface area contributed by atoms with Gasteiger partial charge in [-0.1, -0.05) is 26.0 Å². The van der Waals surface area contributed by atoms with Gasteiger partial charge in [-0.25, -0.2) is 0 Å². The Hall–Kier alpha value is -1.65. The van der Waals surface area contributed by atoms with Crippen LogP contribution in [0.25, 0.3) is 10.9 Å². The molecule has 1 aromatic heterocycles. The van der Waals surface area contributed by atoms with Crippen molar-refractivity contribution in [3.63, 3.8) is 0 Å². The van der Waals surface area contributed by atoms with E-state index in [0.29, 0.717) is 6.04 Å². The predicted molar refractivity (Wildman–Crippen MR) is 94.8 cm³/mol. The largest absolute Gasteiger partial charge is 0.344 e. The molecule has 4 heteroatoms. The number of hydrogen-bond donors (Lipinski definition) is 1. The number of aromatic nitrogens is 1. The van der Waals surface area contributed by atoms with Gasteiger partial charge in [0.2, 0.25) is 0 Å². The Morgan fingerprint density at radius 2 is 2.04 bits per heavy atom. The first-order chi connectivity index (χ1) is 11.3. The summed E-state index contributed by atoms with van der Waals surface area (Å²) in [7, 11) is 0. The first-order valence-electron chi connectivity index (χ1n) is 8.78. The number of likely N-dealkylation sites (N-methyl/N-ethyl adjacent to an activating group) is 1. The summed E-state index contributed by atoms with van der Waals surface area (Å²) in [6.07, 6.45) is 5.61. The van der Waals surface area contributed by atoms with Crippen molar-refractivity contribution in [3.8, 4) is 0 Å². The average Bonchev–Trinajstić information content (AvgIpc) is 3.03. The van der Waals surface area contributed by atoms with Gasteiger partial charge in [0.15, 0.2) is 0 Å². The van der Waals surface area contributed by atoms with Crippen LogP contribution < -0.4 is 5.32 Å². The van der Waals surface area contributed by atoms with Crippen LogP contribution in [0.1, 0.15) is 44.3 Å². The van der Waals surface area contributed by atoms with Gasteiger partial charge >= 0.3 is 0 Å². The van der Waals surface area contributed by atoms with Gasteiger partial charge < -0.3 is 19.6 Å². The molecule has 0 saturated carbocycles. The van der Waals surface area contributed by atoms with Crippen LogP contribution in [0.15, 0.2) is 30.5 Å². The summed E-state index contributed by atoms with van der Waals surface area (Å²) in [5.74, 6) is 0. The fourth-order valence-corrected chi connectivity index (χ4v) is 3.66. The van der Waals surface area contributed by atoms with Crippen LogP contribution >= 0.6 is 0 Å². The van der Waals surface area contributed by atoms with Gasteiger partial charge in [0.25, 0.3) is 0 Å². The second-order valence-electron chi connectivity index (χ2n) is 6.38. The quantitative estimate of drug-likeness (QED) is 0.833. The molecule has 3 rings (SSSR count). The fourth-order valence-electron chi connectivity index (χ4n) is 3.66. The standard InChI is InChI=1S/C19H27N3O/c1-3-20-18(14-23)16-6-5-15-7-12-22(19(15)13-16)17-8-10-21(4-2)11-9-17/h5-7,12-14,17-18,20H,3-4,8-11H2,1-2H3. The van der Waals surface area contributed by atoms with E-state index >= 15 is 0 Å². The van der Waals surface area contributed by atoms with Gasteiger partial charge in [0, 0.05) is 30.8 Å². The van der Waals surface area contributed by atoms with Crippen LogP contribution in [0, 0.1) is 0 Å². The van der Waals surface area contributed by atoms with Gasteiger partial charge in [-0.05, 0) is 49.0 Å². The Morgan fingerprint density at radius 1 is 1.26 bits per heavy atom. The Balaban J connectivity index is 1.88. The number of fused-ring (bicyclic) bond motifs is 1. The van der Waals surface area contributed by atoms with E-state index in [4.69, 9.17) is 0 Å². The maximum Gasteiger partial charge on any atom is 0.141 e. The summed E-state index contributed by atoms with van der Waals surface area (Å²) < 4.78 is 2.42.